The predicted octanol–water partition coefficient (Wildman–Crippen LogP) is 14.6. The summed E-state index contributed by atoms with van der Waals surface area (Å²) < 4.78 is 55.7. The molecule has 63 heavy (non-hydrogen) atoms. The minimum absolute atomic E-state index is 0.0736. The third kappa shape index (κ3) is 5.48. The molecule has 9 aromatic carbocycles. The lowest BCUT2D eigenvalue weighted by Crippen LogP contribution is -2.04. The highest BCUT2D eigenvalue weighted by Gasteiger charge is 2.24. The van der Waals surface area contributed by atoms with Gasteiger partial charge in [-0.25, -0.2) is 15.0 Å². The van der Waals surface area contributed by atoms with Crippen molar-refractivity contribution in [2.24, 2.45) is 0 Å². The molecule has 0 aliphatic rings. The van der Waals surface area contributed by atoms with Gasteiger partial charge in [0.25, 0.3) is 0 Å². The van der Waals surface area contributed by atoms with Crippen molar-refractivity contribution >= 4 is 65.6 Å². The van der Waals surface area contributed by atoms with Gasteiger partial charge in [0.05, 0.1) is 40.2 Å². The van der Waals surface area contributed by atoms with Gasteiger partial charge >= 0.3 is 0 Å². The molecule has 0 bridgehead atoms. The topological polar surface area (TPSA) is 61.7 Å². The van der Waals surface area contributed by atoms with Crippen LogP contribution in [0, 0.1) is 0 Å². The molecule has 0 saturated heterocycles. The molecule has 0 fully saturated rings. The smallest absolute Gasteiger partial charge is 0.167 e. The van der Waals surface area contributed by atoms with Gasteiger partial charge in [-0.05, 0) is 54.1 Å². The van der Waals surface area contributed by atoms with Crippen molar-refractivity contribution in [1.29, 1.82) is 0 Å². The van der Waals surface area contributed by atoms with Crippen molar-refractivity contribution in [3.8, 4) is 56.7 Å². The van der Waals surface area contributed by atoms with E-state index in [1.54, 1.807) is 0 Å². The number of hydrogen-bond acceptors (Lipinski definition) is 4. The van der Waals surface area contributed by atoms with Crippen molar-refractivity contribution < 1.29 is 11.3 Å². The number of rotatable bonds is 6. The van der Waals surface area contributed by atoms with Crippen LogP contribution in [0.4, 0.5) is 0 Å². The summed E-state index contributed by atoms with van der Waals surface area (Å²) in [6, 6.07) is 59.1. The molecule has 13 rings (SSSR count). The maximum absolute atomic E-state index is 9.15. The number of hydrogen-bond donors (Lipinski definition) is 0. The minimum Gasteiger partial charge on any atom is -0.455 e. The van der Waals surface area contributed by atoms with E-state index in [2.05, 4.69) is 88.0 Å². The Hall–Kier alpha value is -8.61. The van der Waals surface area contributed by atoms with Crippen LogP contribution in [-0.2, 0) is 0 Å². The monoisotopic (exact) mass is 810 g/mol. The van der Waals surface area contributed by atoms with Crippen LogP contribution in [0.25, 0.3) is 122 Å². The number of nitrogens with zero attached hydrogens (tertiary/aromatic N) is 5. The number of aromatic nitrogens is 5. The fourth-order valence-corrected chi connectivity index (χ4v) is 9.36. The fraction of sp³-hybridized carbons (Fsp3) is 0. The van der Waals surface area contributed by atoms with E-state index in [1.807, 2.05) is 103 Å². The Kier molecular flexibility index (Phi) is 6.75. The fourth-order valence-electron chi connectivity index (χ4n) is 9.36. The molecule has 0 aliphatic heterocycles. The molecule has 0 saturated carbocycles. The normalized spacial score (nSPS) is 12.9. The summed E-state index contributed by atoms with van der Waals surface area (Å²) in [4.78, 5) is 15.5. The van der Waals surface area contributed by atoms with Crippen LogP contribution in [0.15, 0.2) is 217 Å². The summed E-state index contributed by atoms with van der Waals surface area (Å²) in [6.07, 6.45) is 0. The Labute approximate surface area is 368 Å². The second kappa shape index (κ2) is 14.0. The minimum atomic E-state index is -0.507. The van der Waals surface area contributed by atoms with E-state index < -0.39 is 30.2 Å². The zero-order chi connectivity index (χ0) is 45.8. The Morgan fingerprint density at radius 1 is 0.365 bits per heavy atom. The Morgan fingerprint density at radius 3 is 1.51 bits per heavy atom. The van der Waals surface area contributed by atoms with Gasteiger partial charge in [0.15, 0.2) is 17.5 Å². The van der Waals surface area contributed by atoms with Gasteiger partial charge in [-0.3, -0.25) is 0 Å². The second-order valence-corrected chi connectivity index (χ2v) is 15.6. The molecule has 0 spiro atoms. The molecule has 13 aromatic rings. The average Bonchev–Trinajstić information content (AvgIpc) is 4.05. The molecule has 0 N–H and O–H groups in total. The highest BCUT2D eigenvalue weighted by Crippen LogP contribution is 2.43. The van der Waals surface area contributed by atoms with Crippen LogP contribution in [-0.4, -0.2) is 24.1 Å². The molecule has 4 aromatic heterocycles. The first-order valence-corrected chi connectivity index (χ1v) is 20.8. The molecule has 294 valence electrons. The largest absolute Gasteiger partial charge is 0.455 e. The van der Waals surface area contributed by atoms with Crippen LogP contribution in [0.5, 0.6) is 0 Å². The SMILES string of the molecule is [2H]c1c([2H])c([2H])c(-c2nc(-c3ccccc3-n3c4ccccc4c4ccccc43)nc(-c3cc(-n4c5ccccc5c5ccccc54)cc4c3oc3c(-c5ccccc5)cccc34)n2)c([2H])c1[2H]. The first-order valence-electron chi connectivity index (χ1n) is 23.3. The van der Waals surface area contributed by atoms with Gasteiger partial charge in [0, 0.05) is 54.7 Å². The number of benzene rings is 9. The van der Waals surface area contributed by atoms with E-state index >= 15 is 0 Å². The molecule has 6 heteroatoms. The van der Waals surface area contributed by atoms with Crippen LogP contribution >= 0.6 is 0 Å². The third-order valence-corrected chi connectivity index (χ3v) is 12.1. The van der Waals surface area contributed by atoms with Crippen molar-refractivity contribution in [2.75, 3.05) is 0 Å². The highest BCUT2D eigenvalue weighted by atomic mass is 16.3. The Bertz CT molecular complexity index is 4100. The summed E-state index contributed by atoms with van der Waals surface area (Å²) in [5.74, 6) is 0.364. The van der Waals surface area contributed by atoms with E-state index in [0.717, 1.165) is 76.9 Å². The molecule has 4 heterocycles. The van der Waals surface area contributed by atoms with Gasteiger partial charge in [0.1, 0.15) is 11.2 Å². The number of para-hydroxylation sites is 6. The van der Waals surface area contributed by atoms with Crippen LogP contribution in [0.2, 0.25) is 0 Å². The molecule has 0 atom stereocenters. The number of fused-ring (bicyclic) bond motifs is 9. The van der Waals surface area contributed by atoms with Gasteiger partial charge in [-0.2, -0.15) is 0 Å². The van der Waals surface area contributed by atoms with Gasteiger partial charge in [-0.15, -0.1) is 0 Å². The van der Waals surface area contributed by atoms with Crippen LogP contribution in [0.1, 0.15) is 6.85 Å². The molecular formula is C57H35N5O. The summed E-state index contributed by atoms with van der Waals surface area (Å²) >= 11 is 0. The number of furan rings is 1. The predicted molar refractivity (Wildman–Crippen MR) is 258 cm³/mol. The molecule has 0 unspecified atom stereocenters. The average molecular weight is 811 g/mol. The summed E-state index contributed by atoms with van der Waals surface area (Å²) in [5.41, 5.74) is 9.75. The quantitative estimate of drug-likeness (QED) is 0.168. The summed E-state index contributed by atoms with van der Waals surface area (Å²) in [5, 5.41) is 6.07. The summed E-state index contributed by atoms with van der Waals surface area (Å²) in [7, 11) is 0. The summed E-state index contributed by atoms with van der Waals surface area (Å²) in [6.45, 7) is 0. The zero-order valence-electron chi connectivity index (χ0n) is 38.5. The molecule has 0 amide bonds. The van der Waals surface area contributed by atoms with Crippen molar-refractivity contribution in [3.63, 3.8) is 0 Å². The first-order chi connectivity index (χ1) is 33.3. The van der Waals surface area contributed by atoms with E-state index in [9.17, 15) is 0 Å². The molecule has 0 radical (unpaired) electrons. The van der Waals surface area contributed by atoms with E-state index in [-0.39, 0.29) is 23.0 Å². The lowest BCUT2D eigenvalue weighted by Gasteiger charge is -2.15. The van der Waals surface area contributed by atoms with Crippen LogP contribution < -0.4 is 0 Å². The van der Waals surface area contributed by atoms with Gasteiger partial charge in [0.2, 0.25) is 0 Å². The van der Waals surface area contributed by atoms with Gasteiger partial charge in [-0.1, -0.05) is 164 Å². The lowest BCUT2D eigenvalue weighted by molar-refractivity contribution is 0.670. The molecule has 0 aliphatic carbocycles. The van der Waals surface area contributed by atoms with E-state index in [4.69, 9.17) is 26.2 Å². The Balaban J connectivity index is 1.16. The highest BCUT2D eigenvalue weighted by molar-refractivity contribution is 6.15. The zero-order valence-corrected chi connectivity index (χ0v) is 33.5. The van der Waals surface area contributed by atoms with E-state index in [1.165, 1.54) is 0 Å². The first kappa shape index (κ1) is 30.4. The van der Waals surface area contributed by atoms with Crippen molar-refractivity contribution in [2.45, 2.75) is 0 Å². The second-order valence-electron chi connectivity index (χ2n) is 15.6. The molecule has 6 nitrogen and oxygen atoms in total. The van der Waals surface area contributed by atoms with Crippen molar-refractivity contribution in [3.05, 3.63) is 212 Å². The maximum Gasteiger partial charge on any atom is 0.167 e. The Morgan fingerprint density at radius 2 is 0.857 bits per heavy atom. The lowest BCUT2D eigenvalue weighted by atomic mass is 10.0. The third-order valence-electron chi connectivity index (χ3n) is 12.1. The van der Waals surface area contributed by atoms with Crippen molar-refractivity contribution in [1.82, 2.24) is 24.1 Å². The van der Waals surface area contributed by atoms with Crippen LogP contribution in [0.3, 0.4) is 0 Å². The van der Waals surface area contributed by atoms with Gasteiger partial charge < -0.3 is 13.6 Å². The maximum atomic E-state index is 9.15. The van der Waals surface area contributed by atoms with E-state index in [0.29, 0.717) is 22.3 Å². The standard InChI is InChI=1S/C57H35N5O/c1-3-18-36(19-4-1)39-27-17-28-44-46-34-38(61-48-29-12-7-22-40(48)41-23-8-13-30-49(41)61)35-47(54(46)63-53(39)44)57-59-55(37-20-5-2-6-21-37)58-56(60-57)45-26-11-16-33-52(45)62-50-31-14-9-24-42(50)43-25-10-15-32-51(43)62/h1-35H/i2D,5D,6D,20D,21D. The molecular weight excluding hydrogens is 771 g/mol.